The number of carbonyl (C=O) groups is 1. The summed E-state index contributed by atoms with van der Waals surface area (Å²) < 4.78 is 0.0299. The largest absolute Gasteiger partial charge is 0.349 e. The van der Waals surface area contributed by atoms with Gasteiger partial charge in [0.25, 0.3) is 0 Å². The molecule has 0 aromatic heterocycles. The van der Waals surface area contributed by atoms with Crippen LogP contribution in [0.1, 0.15) is 36.1 Å². The average molecular weight is 321 g/mol. The van der Waals surface area contributed by atoms with Crippen LogP contribution in [-0.4, -0.2) is 5.91 Å². The quantitative estimate of drug-likeness (QED) is 0.851. The third kappa shape index (κ3) is 5.06. The van der Waals surface area contributed by atoms with Crippen LogP contribution in [0.4, 0.5) is 0 Å². The van der Waals surface area contributed by atoms with Crippen LogP contribution >= 0.6 is 34.8 Å². The molecule has 0 fully saturated rings. The zero-order chi connectivity index (χ0) is 14.6. The van der Waals surface area contributed by atoms with Crippen molar-refractivity contribution in [1.29, 1.82) is 0 Å². The molecule has 19 heavy (non-hydrogen) atoms. The van der Waals surface area contributed by atoms with E-state index in [1.54, 1.807) is 0 Å². The van der Waals surface area contributed by atoms with E-state index in [0.29, 0.717) is 11.5 Å². The molecular formula is C14H16Cl3NO. The molecule has 104 valence electrons. The molecule has 2 nitrogen and oxygen atoms in total. The molecule has 1 amide bonds. The summed E-state index contributed by atoms with van der Waals surface area (Å²) in [6, 6.07) is 5.83. The average Bonchev–Trinajstić information content (AvgIpc) is 2.30. The van der Waals surface area contributed by atoms with E-state index < -0.39 is 0 Å². The van der Waals surface area contributed by atoms with Crippen molar-refractivity contribution in [2.45, 2.75) is 33.2 Å². The highest BCUT2D eigenvalue weighted by molar-refractivity contribution is 6.59. The van der Waals surface area contributed by atoms with Gasteiger partial charge in [0, 0.05) is 13.3 Å². The Hall–Kier alpha value is -0.700. The maximum absolute atomic E-state index is 11.3. The van der Waals surface area contributed by atoms with Crippen LogP contribution in [0.5, 0.6) is 0 Å². The zero-order valence-electron chi connectivity index (χ0n) is 11.1. The first kappa shape index (κ1) is 16.4. The van der Waals surface area contributed by atoms with Gasteiger partial charge in [-0.25, -0.2) is 0 Å². The Labute approximate surface area is 128 Å². The molecule has 0 aliphatic rings. The van der Waals surface area contributed by atoms with Crippen molar-refractivity contribution in [3.63, 3.8) is 0 Å². The number of carbonyl (C=O) groups excluding carboxylic acids is 1. The minimum absolute atomic E-state index is 0.0299. The van der Waals surface area contributed by atoms with Crippen molar-refractivity contribution in [2.75, 3.05) is 0 Å². The van der Waals surface area contributed by atoms with E-state index in [9.17, 15) is 4.79 Å². The van der Waals surface area contributed by atoms with Crippen LogP contribution in [-0.2, 0) is 4.79 Å². The summed E-state index contributed by atoms with van der Waals surface area (Å²) in [7, 11) is 0. The van der Waals surface area contributed by atoms with Gasteiger partial charge in [0.05, 0.1) is 11.1 Å². The molecule has 1 N–H and O–H groups in total. The number of rotatable bonds is 4. The molecule has 0 saturated carbocycles. The van der Waals surface area contributed by atoms with Gasteiger partial charge in [0.2, 0.25) is 5.91 Å². The Bertz CT molecular complexity index is 507. The minimum Gasteiger partial charge on any atom is -0.349 e. The molecule has 1 aromatic rings. The topological polar surface area (TPSA) is 29.1 Å². The van der Waals surface area contributed by atoms with E-state index in [0.717, 1.165) is 16.7 Å². The lowest BCUT2D eigenvalue weighted by atomic mass is 9.96. The second kappa shape index (κ2) is 7.18. The highest BCUT2D eigenvalue weighted by Crippen LogP contribution is 2.30. The van der Waals surface area contributed by atoms with E-state index in [-0.39, 0.29) is 16.4 Å². The first-order chi connectivity index (χ1) is 8.81. The number of hydrogen-bond acceptors (Lipinski definition) is 1. The van der Waals surface area contributed by atoms with E-state index >= 15 is 0 Å². The fraction of sp³-hybridized carbons (Fsp3) is 0.357. The number of amides is 1. The van der Waals surface area contributed by atoms with E-state index in [4.69, 9.17) is 34.8 Å². The highest BCUT2D eigenvalue weighted by Gasteiger charge is 2.17. The van der Waals surface area contributed by atoms with Crippen molar-refractivity contribution >= 4 is 40.7 Å². The molecule has 0 radical (unpaired) electrons. The van der Waals surface area contributed by atoms with Gasteiger partial charge in [-0.05, 0) is 25.0 Å². The summed E-state index contributed by atoms with van der Waals surface area (Å²) in [4.78, 5) is 11.3. The predicted molar refractivity (Wildman–Crippen MR) is 81.7 cm³/mol. The van der Waals surface area contributed by atoms with E-state index in [1.165, 1.54) is 6.92 Å². The van der Waals surface area contributed by atoms with Gasteiger partial charge in [0.15, 0.2) is 0 Å². The predicted octanol–water partition coefficient (Wildman–Crippen LogP) is 4.76. The fourth-order valence-corrected chi connectivity index (χ4v) is 2.18. The van der Waals surface area contributed by atoms with Crippen molar-refractivity contribution < 1.29 is 4.79 Å². The lowest BCUT2D eigenvalue weighted by Crippen LogP contribution is -2.26. The SMILES string of the molecule is CC(=O)NC(CC(Cl)=C(Cl)Cl)c1cc(C)ccc1C. The molecule has 0 aliphatic carbocycles. The van der Waals surface area contributed by atoms with Gasteiger partial charge in [-0.3, -0.25) is 4.79 Å². The lowest BCUT2D eigenvalue weighted by molar-refractivity contribution is -0.119. The number of benzene rings is 1. The summed E-state index contributed by atoms with van der Waals surface area (Å²) in [6.07, 6.45) is 0.369. The maximum atomic E-state index is 11.3. The molecule has 1 unspecified atom stereocenters. The molecular weight excluding hydrogens is 305 g/mol. The van der Waals surface area contributed by atoms with Gasteiger partial charge in [0.1, 0.15) is 4.49 Å². The molecule has 0 bridgehead atoms. The molecule has 1 aromatic carbocycles. The lowest BCUT2D eigenvalue weighted by Gasteiger charge is -2.20. The normalized spacial score (nSPS) is 11.9. The Kier molecular flexibility index (Phi) is 6.18. The Morgan fingerprint density at radius 3 is 2.42 bits per heavy atom. The molecule has 1 atom stereocenters. The first-order valence-corrected chi connectivity index (χ1v) is 6.98. The van der Waals surface area contributed by atoms with Crippen LogP contribution in [0.25, 0.3) is 0 Å². The Balaban J connectivity index is 3.12. The van der Waals surface area contributed by atoms with Crippen molar-refractivity contribution in [1.82, 2.24) is 5.32 Å². The third-order valence-corrected chi connectivity index (χ3v) is 3.77. The maximum Gasteiger partial charge on any atom is 0.217 e. The van der Waals surface area contributed by atoms with Crippen molar-refractivity contribution in [2.24, 2.45) is 0 Å². The summed E-state index contributed by atoms with van der Waals surface area (Å²) >= 11 is 17.3. The molecule has 5 heteroatoms. The van der Waals surface area contributed by atoms with Gasteiger partial charge >= 0.3 is 0 Å². The van der Waals surface area contributed by atoms with Gasteiger partial charge in [-0.2, -0.15) is 0 Å². The third-order valence-electron chi connectivity index (χ3n) is 2.78. The van der Waals surface area contributed by atoms with Gasteiger partial charge in [-0.15, -0.1) is 0 Å². The first-order valence-electron chi connectivity index (χ1n) is 5.85. The minimum atomic E-state index is -0.239. The van der Waals surface area contributed by atoms with Crippen LogP contribution < -0.4 is 5.32 Å². The monoisotopic (exact) mass is 319 g/mol. The number of nitrogens with one attached hydrogen (secondary N) is 1. The molecule has 0 heterocycles. The summed E-state index contributed by atoms with van der Waals surface area (Å²) in [5, 5.41) is 3.21. The molecule has 1 rings (SSSR count). The van der Waals surface area contributed by atoms with E-state index in [2.05, 4.69) is 5.32 Å². The molecule has 0 spiro atoms. The second-order valence-corrected chi connectivity index (χ2v) is 5.89. The Morgan fingerprint density at radius 2 is 1.89 bits per heavy atom. The number of aryl methyl sites for hydroxylation is 2. The van der Waals surface area contributed by atoms with Crippen molar-refractivity contribution in [3.05, 3.63) is 44.4 Å². The second-order valence-electron chi connectivity index (χ2n) is 4.48. The van der Waals surface area contributed by atoms with Gasteiger partial charge < -0.3 is 5.32 Å². The van der Waals surface area contributed by atoms with Gasteiger partial charge in [-0.1, -0.05) is 58.6 Å². The summed E-state index contributed by atoms with van der Waals surface area (Å²) in [5.74, 6) is -0.124. The molecule has 0 saturated heterocycles. The standard InChI is InChI=1S/C14H16Cl3NO/c1-8-4-5-9(2)11(6-8)13(18-10(3)19)7-12(15)14(16)17/h4-6,13H,7H2,1-3H3,(H,18,19). The highest BCUT2D eigenvalue weighted by atomic mass is 35.5. The fourth-order valence-electron chi connectivity index (χ4n) is 1.88. The number of halogens is 3. The Morgan fingerprint density at radius 1 is 1.26 bits per heavy atom. The molecule has 0 aliphatic heterocycles. The van der Waals surface area contributed by atoms with Crippen molar-refractivity contribution in [3.8, 4) is 0 Å². The summed E-state index contributed by atoms with van der Waals surface area (Å²) in [6.45, 7) is 5.46. The summed E-state index contributed by atoms with van der Waals surface area (Å²) in [5.41, 5.74) is 3.22. The number of hydrogen-bond donors (Lipinski definition) is 1. The van der Waals surface area contributed by atoms with Crippen LogP contribution in [0.2, 0.25) is 0 Å². The van der Waals surface area contributed by atoms with E-state index in [1.807, 2.05) is 32.0 Å². The smallest absolute Gasteiger partial charge is 0.217 e. The van der Waals surface area contributed by atoms with Crippen LogP contribution in [0, 0.1) is 13.8 Å². The zero-order valence-corrected chi connectivity index (χ0v) is 13.3. The van der Waals surface area contributed by atoms with Crippen LogP contribution in [0.3, 0.4) is 0 Å². The van der Waals surface area contributed by atoms with Crippen LogP contribution in [0.15, 0.2) is 27.7 Å².